The molecule has 0 aliphatic heterocycles. The summed E-state index contributed by atoms with van der Waals surface area (Å²) in [6.45, 7) is 1.92. The first-order valence-electron chi connectivity index (χ1n) is 8.42. The Labute approximate surface area is 145 Å². The maximum Gasteiger partial charge on any atom is 0.280 e. The number of anilines is 1. The Morgan fingerprint density at radius 1 is 1.16 bits per heavy atom. The predicted molar refractivity (Wildman–Crippen MR) is 89.6 cm³/mol. The summed E-state index contributed by atoms with van der Waals surface area (Å²) in [4.78, 5) is 26.5. The summed E-state index contributed by atoms with van der Waals surface area (Å²) in [5.41, 5.74) is 0.513. The molecule has 5 nitrogen and oxygen atoms in total. The Bertz CT molecular complexity index is 730. The molecule has 1 aliphatic carbocycles. The molecule has 1 fully saturated rings. The molecule has 0 radical (unpaired) electrons. The van der Waals surface area contributed by atoms with Crippen LogP contribution in [0.15, 0.2) is 30.7 Å². The van der Waals surface area contributed by atoms with Gasteiger partial charge in [-0.05, 0) is 37.5 Å². The molecule has 0 saturated heterocycles. The summed E-state index contributed by atoms with van der Waals surface area (Å²) in [5, 5.41) is 0. The van der Waals surface area contributed by atoms with Crippen molar-refractivity contribution in [1.82, 2.24) is 15.0 Å². The molecule has 7 heteroatoms. The van der Waals surface area contributed by atoms with E-state index in [-0.39, 0.29) is 11.7 Å². The highest BCUT2D eigenvalue weighted by molar-refractivity contribution is 6.04. The summed E-state index contributed by atoms with van der Waals surface area (Å²) < 4.78 is 25.8. The van der Waals surface area contributed by atoms with Gasteiger partial charge in [0.2, 0.25) is 0 Å². The zero-order chi connectivity index (χ0) is 17.8. The van der Waals surface area contributed by atoms with E-state index in [1.54, 1.807) is 17.2 Å². The molecule has 2 heterocycles. The molecular weight excluding hydrogens is 326 g/mol. The lowest BCUT2D eigenvalue weighted by molar-refractivity contribution is 0.0963. The second-order valence-corrected chi connectivity index (χ2v) is 6.29. The molecule has 1 saturated carbocycles. The number of aromatic nitrogens is 3. The number of hydrogen-bond donors (Lipinski definition) is 0. The van der Waals surface area contributed by atoms with Crippen LogP contribution >= 0.6 is 0 Å². The fourth-order valence-electron chi connectivity index (χ4n) is 3.13. The van der Waals surface area contributed by atoms with Crippen LogP contribution in [0.3, 0.4) is 0 Å². The van der Waals surface area contributed by atoms with E-state index in [4.69, 9.17) is 0 Å². The van der Waals surface area contributed by atoms with Crippen LogP contribution in [0.5, 0.6) is 0 Å². The molecule has 2 aromatic heterocycles. The lowest BCUT2D eigenvalue weighted by Crippen LogP contribution is -2.42. The SMILES string of the molecule is Cc1ccc(N(C(=O)c2cc(C(F)F)ncn2)C2CCCCC2)nc1. The number of hydrogen-bond acceptors (Lipinski definition) is 4. The molecule has 0 N–H and O–H groups in total. The van der Waals surface area contributed by atoms with Crippen molar-refractivity contribution in [2.75, 3.05) is 4.90 Å². The van der Waals surface area contributed by atoms with Crippen molar-refractivity contribution in [1.29, 1.82) is 0 Å². The highest BCUT2D eigenvalue weighted by atomic mass is 19.3. The number of amides is 1. The highest BCUT2D eigenvalue weighted by Gasteiger charge is 2.30. The van der Waals surface area contributed by atoms with Gasteiger partial charge in [-0.15, -0.1) is 0 Å². The third-order valence-corrected chi connectivity index (χ3v) is 4.43. The first kappa shape index (κ1) is 17.4. The van der Waals surface area contributed by atoms with Gasteiger partial charge in [0.15, 0.2) is 0 Å². The second kappa shape index (κ2) is 7.63. The van der Waals surface area contributed by atoms with Gasteiger partial charge < -0.3 is 0 Å². The average Bonchev–Trinajstić information content (AvgIpc) is 2.64. The van der Waals surface area contributed by atoms with E-state index in [9.17, 15) is 13.6 Å². The monoisotopic (exact) mass is 346 g/mol. The molecule has 25 heavy (non-hydrogen) atoms. The molecule has 3 rings (SSSR count). The maximum atomic E-state index is 13.1. The van der Waals surface area contributed by atoms with Gasteiger partial charge in [-0.25, -0.2) is 23.7 Å². The smallest absolute Gasteiger partial charge is 0.280 e. The first-order valence-corrected chi connectivity index (χ1v) is 8.42. The molecule has 0 spiro atoms. The average molecular weight is 346 g/mol. The van der Waals surface area contributed by atoms with Crippen molar-refractivity contribution in [2.24, 2.45) is 0 Å². The maximum absolute atomic E-state index is 13.1. The zero-order valence-corrected chi connectivity index (χ0v) is 14.0. The van der Waals surface area contributed by atoms with Gasteiger partial charge in [-0.1, -0.05) is 25.3 Å². The molecule has 1 amide bonds. The van der Waals surface area contributed by atoms with Gasteiger partial charge >= 0.3 is 0 Å². The lowest BCUT2D eigenvalue weighted by Gasteiger charge is -2.33. The second-order valence-electron chi connectivity index (χ2n) is 6.29. The van der Waals surface area contributed by atoms with Crippen molar-refractivity contribution in [3.05, 3.63) is 47.7 Å². The van der Waals surface area contributed by atoms with Gasteiger partial charge in [0.1, 0.15) is 23.5 Å². The standard InChI is InChI=1S/C18H20F2N4O/c1-12-7-8-16(21-10-12)24(13-5-3-2-4-6-13)18(25)15-9-14(17(19)20)22-11-23-15/h7-11,13,17H,2-6H2,1H3. The van der Waals surface area contributed by atoms with Crippen LogP contribution in [-0.2, 0) is 0 Å². The Hall–Kier alpha value is -2.44. The Kier molecular flexibility index (Phi) is 5.31. The number of carbonyl (C=O) groups excluding carboxylic acids is 1. The number of carbonyl (C=O) groups is 1. The number of halogens is 2. The van der Waals surface area contributed by atoms with E-state index in [1.807, 2.05) is 13.0 Å². The van der Waals surface area contributed by atoms with E-state index in [0.717, 1.165) is 50.1 Å². The van der Waals surface area contributed by atoms with Gasteiger partial charge in [-0.3, -0.25) is 9.69 Å². The topological polar surface area (TPSA) is 59.0 Å². The molecule has 1 aliphatic rings. The molecule has 2 aromatic rings. The van der Waals surface area contributed by atoms with Gasteiger partial charge in [0.25, 0.3) is 12.3 Å². The summed E-state index contributed by atoms with van der Waals surface area (Å²) in [5.74, 6) is 0.118. The van der Waals surface area contributed by atoms with Gasteiger partial charge in [0.05, 0.1) is 0 Å². The minimum Gasteiger partial charge on any atom is -0.288 e. The van der Waals surface area contributed by atoms with Crippen molar-refractivity contribution in [3.63, 3.8) is 0 Å². The molecule has 0 unspecified atom stereocenters. The Balaban J connectivity index is 1.96. The molecule has 132 valence electrons. The van der Waals surface area contributed by atoms with Crippen LogP contribution in [-0.4, -0.2) is 26.9 Å². The minimum atomic E-state index is -2.74. The largest absolute Gasteiger partial charge is 0.288 e. The van der Waals surface area contributed by atoms with Crippen LogP contribution in [0.2, 0.25) is 0 Å². The summed E-state index contributed by atoms with van der Waals surface area (Å²) >= 11 is 0. The number of aryl methyl sites for hydroxylation is 1. The minimum absolute atomic E-state index is 0.00132. The number of pyridine rings is 1. The fourth-order valence-corrected chi connectivity index (χ4v) is 3.13. The van der Waals surface area contributed by atoms with Gasteiger partial charge in [-0.2, -0.15) is 0 Å². The number of rotatable bonds is 4. The molecule has 0 aromatic carbocycles. The normalized spacial score (nSPS) is 15.4. The van der Waals surface area contributed by atoms with E-state index in [0.29, 0.717) is 5.82 Å². The molecule has 0 bridgehead atoms. The molecule has 0 atom stereocenters. The number of alkyl halides is 2. The first-order chi connectivity index (χ1) is 12.1. The third-order valence-electron chi connectivity index (χ3n) is 4.43. The predicted octanol–water partition coefficient (Wildman–Crippen LogP) is 4.10. The summed E-state index contributed by atoms with van der Waals surface area (Å²) in [6.07, 6.45) is 4.92. The van der Waals surface area contributed by atoms with Crippen LogP contribution in [0.4, 0.5) is 14.6 Å². The fraction of sp³-hybridized carbons (Fsp3) is 0.444. The van der Waals surface area contributed by atoms with Gasteiger partial charge in [0, 0.05) is 12.2 Å². The van der Waals surface area contributed by atoms with Crippen molar-refractivity contribution < 1.29 is 13.6 Å². The van der Waals surface area contributed by atoms with Crippen molar-refractivity contribution in [3.8, 4) is 0 Å². The van der Waals surface area contributed by atoms with Crippen molar-refractivity contribution in [2.45, 2.75) is 51.5 Å². The Morgan fingerprint density at radius 2 is 1.92 bits per heavy atom. The zero-order valence-electron chi connectivity index (χ0n) is 14.0. The Morgan fingerprint density at radius 3 is 2.56 bits per heavy atom. The van der Waals surface area contributed by atoms with E-state index < -0.39 is 18.0 Å². The van der Waals surface area contributed by atoms with Crippen LogP contribution in [0, 0.1) is 6.92 Å². The van der Waals surface area contributed by atoms with E-state index in [1.165, 1.54) is 0 Å². The van der Waals surface area contributed by atoms with Crippen molar-refractivity contribution >= 4 is 11.7 Å². The highest BCUT2D eigenvalue weighted by Crippen LogP contribution is 2.28. The van der Waals surface area contributed by atoms with Crippen LogP contribution in [0.25, 0.3) is 0 Å². The quantitative estimate of drug-likeness (QED) is 0.836. The van der Waals surface area contributed by atoms with Crippen LogP contribution in [0.1, 0.15) is 60.3 Å². The summed E-state index contributed by atoms with van der Waals surface area (Å²) in [7, 11) is 0. The molecular formula is C18H20F2N4O. The number of nitrogens with zero attached hydrogens (tertiary/aromatic N) is 4. The van der Waals surface area contributed by atoms with E-state index >= 15 is 0 Å². The third kappa shape index (κ3) is 3.97. The summed E-state index contributed by atoms with van der Waals surface area (Å²) in [6, 6.07) is 4.74. The van der Waals surface area contributed by atoms with E-state index in [2.05, 4.69) is 15.0 Å². The van der Waals surface area contributed by atoms with Crippen LogP contribution < -0.4 is 4.90 Å². The lowest BCUT2D eigenvalue weighted by atomic mass is 9.94.